The van der Waals surface area contributed by atoms with Crippen molar-refractivity contribution >= 4 is 23.5 Å². The van der Waals surface area contributed by atoms with Crippen molar-refractivity contribution in [2.45, 2.75) is 19.4 Å². The van der Waals surface area contributed by atoms with E-state index in [2.05, 4.69) is 5.32 Å². The molecule has 152 valence electrons. The van der Waals surface area contributed by atoms with Crippen molar-refractivity contribution < 1.29 is 33.3 Å². The molecule has 1 aliphatic heterocycles. The first kappa shape index (κ1) is 20.2. The molecule has 1 atom stereocenters. The molecule has 0 saturated carbocycles. The number of rotatable bonds is 5. The van der Waals surface area contributed by atoms with Crippen molar-refractivity contribution in [3.8, 4) is 11.5 Å². The lowest BCUT2D eigenvalue weighted by molar-refractivity contribution is -0.125. The number of hydrogen-bond donors (Lipinski definition) is 1. The maximum Gasteiger partial charge on any atom is 0.340 e. The summed E-state index contributed by atoms with van der Waals surface area (Å²) in [6.07, 6.45) is -0.801. The number of methoxy groups -OCH3 is 3. The van der Waals surface area contributed by atoms with Gasteiger partial charge in [0.15, 0.2) is 17.6 Å². The summed E-state index contributed by atoms with van der Waals surface area (Å²) in [5, 5.41) is 2.63. The first-order valence-corrected chi connectivity index (χ1v) is 8.83. The van der Waals surface area contributed by atoms with E-state index in [0.29, 0.717) is 17.1 Å². The standard InChI is InChI=1S/C21H21NO7/c1-11-5-6-12-8-18(29-21(25)13(12)7-11)19(23)22-15-10-17(27-3)16(26-2)9-14(15)20(24)28-4/h5-7,9-10,18H,8H2,1-4H3,(H,22,23)/t18-/m1/s1. The number of carbonyl (C=O) groups is 3. The van der Waals surface area contributed by atoms with E-state index in [0.717, 1.165) is 11.1 Å². The number of benzene rings is 2. The Morgan fingerprint density at radius 3 is 2.41 bits per heavy atom. The molecular formula is C21H21NO7. The zero-order chi connectivity index (χ0) is 21.1. The summed E-state index contributed by atoms with van der Waals surface area (Å²) >= 11 is 0. The second-order valence-corrected chi connectivity index (χ2v) is 6.49. The number of nitrogens with one attached hydrogen (secondary N) is 1. The molecule has 3 rings (SSSR count). The Balaban J connectivity index is 1.89. The van der Waals surface area contributed by atoms with Crippen molar-refractivity contribution in [2.75, 3.05) is 26.6 Å². The number of cyclic esters (lactones) is 1. The molecule has 2 aromatic carbocycles. The van der Waals surface area contributed by atoms with Crippen molar-refractivity contribution in [3.63, 3.8) is 0 Å². The van der Waals surface area contributed by atoms with Crippen LogP contribution in [0.4, 0.5) is 5.69 Å². The number of amides is 1. The van der Waals surface area contributed by atoms with Crippen LogP contribution in [0.25, 0.3) is 0 Å². The highest BCUT2D eigenvalue weighted by Crippen LogP contribution is 2.34. The molecule has 1 aliphatic rings. The second kappa shape index (κ2) is 8.22. The molecule has 0 saturated heterocycles. The molecule has 0 bridgehead atoms. The highest BCUT2D eigenvalue weighted by atomic mass is 16.5. The van der Waals surface area contributed by atoms with Crippen LogP contribution in [0.15, 0.2) is 30.3 Å². The molecule has 0 unspecified atom stereocenters. The smallest absolute Gasteiger partial charge is 0.340 e. The summed E-state index contributed by atoms with van der Waals surface area (Å²) in [5.41, 5.74) is 2.35. The minimum absolute atomic E-state index is 0.0802. The molecule has 1 heterocycles. The lowest BCUT2D eigenvalue weighted by Crippen LogP contribution is -2.38. The highest BCUT2D eigenvalue weighted by Gasteiger charge is 2.32. The third kappa shape index (κ3) is 4.01. The Bertz CT molecular complexity index is 983. The molecule has 0 aromatic heterocycles. The van der Waals surface area contributed by atoms with E-state index >= 15 is 0 Å². The second-order valence-electron chi connectivity index (χ2n) is 6.49. The van der Waals surface area contributed by atoms with E-state index in [1.54, 1.807) is 6.07 Å². The Morgan fingerprint density at radius 1 is 1.07 bits per heavy atom. The van der Waals surface area contributed by atoms with Crippen LogP contribution in [-0.4, -0.2) is 45.3 Å². The number of fused-ring (bicyclic) bond motifs is 1. The summed E-state index contributed by atoms with van der Waals surface area (Å²) in [7, 11) is 4.09. The van der Waals surface area contributed by atoms with Gasteiger partial charge in [-0.05, 0) is 18.6 Å². The lowest BCUT2D eigenvalue weighted by Gasteiger charge is -2.24. The van der Waals surface area contributed by atoms with Crippen molar-refractivity contribution in [1.82, 2.24) is 0 Å². The van der Waals surface area contributed by atoms with Crippen LogP contribution < -0.4 is 14.8 Å². The quantitative estimate of drug-likeness (QED) is 0.771. The summed E-state index contributed by atoms with van der Waals surface area (Å²) in [4.78, 5) is 37.2. The SMILES string of the molecule is COC(=O)c1cc(OC)c(OC)cc1NC(=O)[C@H]1Cc2ccc(C)cc2C(=O)O1. The summed E-state index contributed by atoms with van der Waals surface area (Å²) in [5.74, 6) is -1.17. The van der Waals surface area contributed by atoms with Gasteiger partial charge in [-0.1, -0.05) is 17.7 Å². The van der Waals surface area contributed by atoms with Crippen LogP contribution in [0.5, 0.6) is 11.5 Å². The van der Waals surface area contributed by atoms with Gasteiger partial charge in [-0.3, -0.25) is 4.79 Å². The zero-order valence-electron chi connectivity index (χ0n) is 16.5. The van der Waals surface area contributed by atoms with Gasteiger partial charge in [-0.25, -0.2) is 9.59 Å². The first-order valence-electron chi connectivity index (χ1n) is 8.83. The average Bonchev–Trinajstić information content (AvgIpc) is 2.73. The van der Waals surface area contributed by atoms with Crippen molar-refractivity contribution in [3.05, 3.63) is 52.6 Å². The third-order valence-electron chi connectivity index (χ3n) is 4.62. The van der Waals surface area contributed by atoms with E-state index in [9.17, 15) is 14.4 Å². The van der Waals surface area contributed by atoms with Gasteiger partial charge in [-0.2, -0.15) is 0 Å². The van der Waals surface area contributed by atoms with Gasteiger partial charge >= 0.3 is 11.9 Å². The average molecular weight is 399 g/mol. The van der Waals surface area contributed by atoms with E-state index in [4.69, 9.17) is 18.9 Å². The van der Waals surface area contributed by atoms with Crippen molar-refractivity contribution in [1.29, 1.82) is 0 Å². The summed E-state index contributed by atoms with van der Waals surface area (Å²) < 4.78 is 20.5. The molecule has 29 heavy (non-hydrogen) atoms. The minimum Gasteiger partial charge on any atom is -0.493 e. The van der Waals surface area contributed by atoms with Crippen LogP contribution in [0, 0.1) is 6.92 Å². The van der Waals surface area contributed by atoms with Gasteiger partial charge in [0, 0.05) is 18.6 Å². The van der Waals surface area contributed by atoms with Gasteiger partial charge in [-0.15, -0.1) is 0 Å². The molecule has 0 aliphatic carbocycles. The van der Waals surface area contributed by atoms with Gasteiger partial charge in [0.2, 0.25) is 0 Å². The number of carbonyl (C=O) groups excluding carboxylic acids is 3. The van der Waals surface area contributed by atoms with Gasteiger partial charge in [0.25, 0.3) is 5.91 Å². The highest BCUT2D eigenvalue weighted by molar-refractivity contribution is 6.05. The fourth-order valence-corrected chi connectivity index (χ4v) is 3.11. The van der Waals surface area contributed by atoms with E-state index < -0.39 is 23.9 Å². The van der Waals surface area contributed by atoms with Gasteiger partial charge in [0.1, 0.15) is 0 Å². The van der Waals surface area contributed by atoms with E-state index in [-0.39, 0.29) is 17.7 Å². The molecule has 8 nitrogen and oxygen atoms in total. The predicted molar refractivity (Wildman–Crippen MR) is 104 cm³/mol. The summed E-state index contributed by atoms with van der Waals surface area (Å²) in [6, 6.07) is 8.27. The van der Waals surface area contributed by atoms with E-state index in [1.807, 2.05) is 19.1 Å². The largest absolute Gasteiger partial charge is 0.493 e. The molecule has 8 heteroatoms. The fourth-order valence-electron chi connectivity index (χ4n) is 3.11. The molecule has 0 fully saturated rings. The van der Waals surface area contributed by atoms with E-state index in [1.165, 1.54) is 33.5 Å². The maximum atomic E-state index is 12.8. The Kier molecular flexibility index (Phi) is 5.72. The lowest BCUT2D eigenvalue weighted by atomic mass is 9.96. The monoisotopic (exact) mass is 399 g/mol. The van der Waals surface area contributed by atoms with Gasteiger partial charge in [0.05, 0.1) is 38.1 Å². The van der Waals surface area contributed by atoms with Crippen molar-refractivity contribution in [2.24, 2.45) is 0 Å². The molecular weight excluding hydrogens is 378 g/mol. The molecule has 1 N–H and O–H groups in total. The molecule has 2 aromatic rings. The zero-order valence-corrected chi connectivity index (χ0v) is 16.5. The summed E-state index contributed by atoms with van der Waals surface area (Å²) in [6.45, 7) is 1.87. The van der Waals surface area contributed by atoms with Crippen LogP contribution in [-0.2, 0) is 20.7 Å². The minimum atomic E-state index is -1.03. The Labute approximate surface area is 167 Å². The molecule has 0 spiro atoms. The topological polar surface area (TPSA) is 100 Å². The van der Waals surface area contributed by atoms with Crippen LogP contribution in [0.3, 0.4) is 0 Å². The van der Waals surface area contributed by atoms with Crippen LogP contribution >= 0.6 is 0 Å². The fraction of sp³-hybridized carbons (Fsp3) is 0.286. The van der Waals surface area contributed by atoms with Crippen LogP contribution in [0.2, 0.25) is 0 Å². The number of esters is 2. The predicted octanol–water partition coefficient (Wildman–Crippen LogP) is 2.52. The maximum absolute atomic E-state index is 12.8. The third-order valence-corrected chi connectivity index (χ3v) is 4.62. The Morgan fingerprint density at radius 2 is 1.76 bits per heavy atom. The Hall–Kier alpha value is -3.55. The number of aryl methyl sites for hydroxylation is 1. The molecule has 0 radical (unpaired) electrons. The first-order chi connectivity index (χ1) is 13.9. The number of hydrogen-bond acceptors (Lipinski definition) is 7. The number of anilines is 1. The number of ether oxygens (including phenoxy) is 4. The molecule has 1 amide bonds. The van der Waals surface area contributed by atoms with Gasteiger partial charge < -0.3 is 24.3 Å². The normalized spacial score (nSPS) is 15.0. The van der Waals surface area contributed by atoms with Crippen LogP contribution in [0.1, 0.15) is 31.8 Å².